The summed E-state index contributed by atoms with van der Waals surface area (Å²) in [5.41, 5.74) is 2.64. The Balaban J connectivity index is 0.00000171. The van der Waals surface area contributed by atoms with E-state index in [4.69, 9.17) is 0 Å². The first kappa shape index (κ1) is 21.8. The van der Waals surface area contributed by atoms with Gasteiger partial charge in [0.25, 0.3) is 0 Å². The van der Waals surface area contributed by atoms with E-state index in [1.165, 1.54) is 6.92 Å². The number of Topliss-reactive ketones (excluding diaryl/α,β-unsaturated/α-hetero) is 3. The first-order valence-corrected chi connectivity index (χ1v) is 9.96. The minimum atomic E-state index is -1.00. The number of aromatic hydroxyl groups is 1. The van der Waals surface area contributed by atoms with Crippen LogP contribution in [0.25, 0.3) is 5.76 Å². The van der Waals surface area contributed by atoms with Gasteiger partial charge < -0.3 is 20.8 Å². The van der Waals surface area contributed by atoms with Gasteiger partial charge in [-0.15, -0.1) is 0 Å². The largest absolute Gasteiger partial charge is 0.511 e. The van der Waals surface area contributed by atoms with Gasteiger partial charge in [0.15, 0.2) is 17.3 Å². The van der Waals surface area contributed by atoms with Crippen molar-refractivity contribution in [2.24, 2.45) is 17.8 Å². The van der Waals surface area contributed by atoms with E-state index in [0.29, 0.717) is 24.0 Å². The first-order valence-electron chi connectivity index (χ1n) is 9.96. The Morgan fingerprint density at radius 2 is 1.87 bits per heavy atom. The Morgan fingerprint density at radius 3 is 2.47 bits per heavy atom. The molecule has 4 rings (SSSR count). The molecule has 0 saturated heterocycles. The van der Waals surface area contributed by atoms with E-state index in [2.05, 4.69) is 0 Å². The summed E-state index contributed by atoms with van der Waals surface area (Å²) in [6, 6.07) is 1.90. The van der Waals surface area contributed by atoms with Crippen molar-refractivity contribution in [1.82, 2.24) is 0 Å². The molecule has 0 aliphatic heterocycles. The minimum Gasteiger partial charge on any atom is -0.511 e. The quantitative estimate of drug-likeness (QED) is 0.630. The number of hydrogen-bond donors (Lipinski definition) is 3. The number of ketones is 3. The second-order valence-corrected chi connectivity index (χ2v) is 8.35. The number of aliphatic hydroxyl groups is 2. The number of aryl methyl sites for hydroxylation is 2. The highest BCUT2D eigenvalue weighted by atomic mass is 16.3. The van der Waals surface area contributed by atoms with Gasteiger partial charge in [0, 0.05) is 14.8 Å². The van der Waals surface area contributed by atoms with Crippen LogP contribution in [0.3, 0.4) is 0 Å². The Bertz CT molecular complexity index is 1050. The second kappa shape index (κ2) is 7.40. The molecule has 0 aromatic heterocycles. The van der Waals surface area contributed by atoms with Gasteiger partial charge in [0.1, 0.15) is 17.3 Å². The molecule has 1 aromatic rings. The average molecular weight is 418 g/mol. The molecule has 3 aliphatic rings. The van der Waals surface area contributed by atoms with E-state index in [0.717, 1.165) is 17.5 Å². The first-order chi connectivity index (χ1) is 13.7. The van der Waals surface area contributed by atoms with Crippen molar-refractivity contribution >= 4 is 23.1 Å². The van der Waals surface area contributed by atoms with E-state index in [1.807, 2.05) is 13.0 Å². The van der Waals surface area contributed by atoms with Gasteiger partial charge in [0.2, 0.25) is 0 Å². The van der Waals surface area contributed by atoms with Crippen LogP contribution in [0.1, 0.15) is 51.8 Å². The van der Waals surface area contributed by atoms with Gasteiger partial charge in [-0.05, 0) is 61.6 Å². The molecular weight excluding hydrogens is 388 g/mol. The van der Waals surface area contributed by atoms with E-state index in [-0.39, 0.29) is 43.3 Å². The van der Waals surface area contributed by atoms with Crippen LogP contribution >= 0.6 is 0 Å². The monoisotopic (exact) mass is 418 g/mol. The summed E-state index contributed by atoms with van der Waals surface area (Å²) in [5, 5.41) is 32.2. The fourth-order valence-electron chi connectivity index (χ4n) is 5.36. The van der Waals surface area contributed by atoms with Crippen molar-refractivity contribution in [2.75, 3.05) is 0 Å². The number of aliphatic hydroxyl groups excluding tert-OH is 2. The number of carbonyl (C=O) groups excluding carboxylic acids is 3. The molecular formula is C23H30O7. The predicted molar refractivity (Wildman–Crippen MR) is 113 cm³/mol. The summed E-state index contributed by atoms with van der Waals surface area (Å²) in [6.45, 7) is 4.94. The molecule has 0 amide bonds. The summed E-state index contributed by atoms with van der Waals surface area (Å²) in [7, 11) is 0. The SMILES string of the molecule is CCc1cc(C)c(O)c2c1CC1CC3CC(=O)C(C(C)=O)=C(O)C3C(=O)C1=C2O.O.[HH].[HH]. The lowest BCUT2D eigenvalue weighted by molar-refractivity contribution is -0.127. The zero-order valence-electron chi connectivity index (χ0n) is 17.2. The molecule has 0 heterocycles. The number of hydrogen-bond acceptors (Lipinski definition) is 6. The molecule has 0 spiro atoms. The molecule has 3 unspecified atom stereocenters. The lowest BCUT2D eigenvalue weighted by Crippen LogP contribution is -2.43. The van der Waals surface area contributed by atoms with Crippen molar-refractivity contribution < 1.29 is 38.0 Å². The van der Waals surface area contributed by atoms with Crippen LogP contribution in [0.4, 0.5) is 0 Å². The Hall–Kier alpha value is -2.93. The number of allylic oxidation sites excluding steroid dienone is 3. The molecule has 30 heavy (non-hydrogen) atoms. The maximum Gasteiger partial charge on any atom is 0.173 e. The standard InChI is InChI=1S/C23H24O6.H2O.2H2/c1-4-11-5-9(2)20(26)19-14(11)7-12-6-13-8-15(25)16(10(3)24)21(27)18(13)22(28)17(12)23(19)29;;;/h5,12-13,18,26-27,29H,4,6-8H2,1-3H3;1H2;2*1H. The number of benzene rings is 1. The second-order valence-electron chi connectivity index (χ2n) is 8.35. The predicted octanol–water partition coefficient (Wildman–Crippen LogP) is 2.95. The highest BCUT2D eigenvalue weighted by Gasteiger charge is 2.50. The third-order valence-electron chi connectivity index (χ3n) is 6.66. The van der Waals surface area contributed by atoms with E-state index in [9.17, 15) is 29.7 Å². The smallest absolute Gasteiger partial charge is 0.173 e. The number of rotatable bonds is 2. The summed E-state index contributed by atoms with van der Waals surface area (Å²) < 4.78 is 0. The molecule has 3 aliphatic carbocycles. The molecule has 7 nitrogen and oxygen atoms in total. The zero-order valence-corrected chi connectivity index (χ0v) is 17.2. The van der Waals surface area contributed by atoms with Crippen LogP contribution < -0.4 is 0 Å². The summed E-state index contributed by atoms with van der Waals surface area (Å²) in [6.07, 6.45) is 1.70. The summed E-state index contributed by atoms with van der Waals surface area (Å²) in [5.74, 6) is -3.91. The Morgan fingerprint density at radius 1 is 1.20 bits per heavy atom. The third kappa shape index (κ3) is 2.88. The number of fused-ring (bicyclic) bond motifs is 3. The molecule has 5 N–H and O–H groups in total. The van der Waals surface area contributed by atoms with Gasteiger partial charge in [-0.3, -0.25) is 14.4 Å². The normalized spacial score (nSPS) is 25.4. The summed E-state index contributed by atoms with van der Waals surface area (Å²) >= 11 is 0. The number of carbonyl (C=O) groups is 3. The lowest BCUT2D eigenvalue weighted by atomic mass is 9.61. The number of phenols is 1. The molecule has 1 aromatic carbocycles. The molecule has 0 radical (unpaired) electrons. The maximum absolute atomic E-state index is 13.3. The molecule has 7 heteroatoms. The van der Waals surface area contributed by atoms with E-state index >= 15 is 0 Å². The van der Waals surface area contributed by atoms with Gasteiger partial charge in [-0.1, -0.05) is 13.0 Å². The molecule has 3 atom stereocenters. The molecule has 164 valence electrons. The van der Waals surface area contributed by atoms with Gasteiger partial charge in [-0.25, -0.2) is 0 Å². The third-order valence-corrected chi connectivity index (χ3v) is 6.66. The van der Waals surface area contributed by atoms with Gasteiger partial charge >= 0.3 is 0 Å². The highest BCUT2D eigenvalue weighted by molar-refractivity contribution is 6.21. The topological polar surface area (TPSA) is 143 Å². The highest BCUT2D eigenvalue weighted by Crippen LogP contribution is 2.51. The van der Waals surface area contributed by atoms with Crippen LogP contribution in [-0.2, 0) is 27.2 Å². The van der Waals surface area contributed by atoms with Crippen molar-refractivity contribution in [3.8, 4) is 5.75 Å². The van der Waals surface area contributed by atoms with Crippen molar-refractivity contribution in [3.63, 3.8) is 0 Å². The van der Waals surface area contributed by atoms with Crippen LogP contribution in [-0.4, -0.2) is 38.1 Å². The fourth-order valence-corrected chi connectivity index (χ4v) is 5.36. The maximum atomic E-state index is 13.3. The minimum absolute atomic E-state index is 0. The van der Waals surface area contributed by atoms with Crippen LogP contribution in [0.5, 0.6) is 5.75 Å². The Kier molecular flexibility index (Phi) is 5.37. The number of phenolic OH excluding ortho intramolecular Hbond substituents is 1. The van der Waals surface area contributed by atoms with Gasteiger partial charge in [0.05, 0.1) is 17.1 Å². The average Bonchev–Trinajstić information content (AvgIpc) is 2.63. The molecule has 0 bridgehead atoms. The Labute approximate surface area is 177 Å². The van der Waals surface area contributed by atoms with E-state index < -0.39 is 34.9 Å². The van der Waals surface area contributed by atoms with Gasteiger partial charge in [-0.2, -0.15) is 0 Å². The van der Waals surface area contributed by atoms with Crippen LogP contribution in [0.15, 0.2) is 23.0 Å². The van der Waals surface area contributed by atoms with Crippen molar-refractivity contribution in [3.05, 3.63) is 45.2 Å². The molecule has 1 fully saturated rings. The molecule has 1 saturated carbocycles. The van der Waals surface area contributed by atoms with Crippen LogP contribution in [0.2, 0.25) is 0 Å². The van der Waals surface area contributed by atoms with E-state index in [1.54, 1.807) is 6.92 Å². The zero-order chi connectivity index (χ0) is 21.2. The lowest BCUT2D eigenvalue weighted by Gasteiger charge is -2.41. The van der Waals surface area contributed by atoms with Crippen LogP contribution in [0, 0.1) is 24.7 Å². The van der Waals surface area contributed by atoms with Crippen molar-refractivity contribution in [2.45, 2.75) is 46.5 Å². The fraction of sp³-hybridized carbons (Fsp3) is 0.435. The summed E-state index contributed by atoms with van der Waals surface area (Å²) in [4.78, 5) is 37.5. The van der Waals surface area contributed by atoms with Crippen molar-refractivity contribution in [1.29, 1.82) is 0 Å².